The summed E-state index contributed by atoms with van der Waals surface area (Å²) in [5.41, 5.74) is 0.335. The van der Waals surface area contributed by atoms with Crippen LogP contribution in [0.25, 0.3) is 0 Å². The third-order valence-corrected chi connectivity index (χ3v) is 4.57. The number of hydrogen-bond acceptors (Lipinski definition) is 3. The van der Waals surface area contributed by atoms with Crippen LogP contribution in [0.1, 0.15) is 37.7 Å². The quantitative estimate of drug-likeness (QED) is 0.803. The maximum absolute atomic E-state index is 10.9. The van der Waals surface area contributed by atoms with E-state index < -0.39 is 5.60 Å². The Morgan fingerprint density at radius 1 is 1.35 bits per heavy atom. The largest absolute Gasteiger partial charge is 0.385 e. The molecule has 92 valence electrons. The molecule has 2 atom stereocenters. The Morgan fingerprint density at radius 2 is 2.06 bits per heavy atom. The number of aliphatic hydroxyl groups is 1. The van der Waals surface area contributed by atoms with Gasteiger partial charge in [0.25, 0.3) is 0 Å². The lowest BCUT2D eigenvalue weighted by Gasteiger charge is -2.50. The molecule has 0 spiro atoms. The van der Waals surface area contributed by atoms with Gasteiger partial charge in [0.15, 0.2) is 0 Å². The molecular formula is C14H20N2O. The predicted molar refractivity (Wildman–Crippen MR) is 66.6 cm³/mol. The molecular weight excluding hydrogens is 212 g/mol. The van der Waals surface area contributed by atoms with Crippen LogP contribution in [-0.2, 0) is 5.60 Å². The molecule has 0 amide bonds. The Kier molecular flexibility index (Phi) is 2.68. The summed E-state index contributed by atoms with van der Waals surface area (Å²) in [5.74, 6) is 0. The van der Waals surface area contributed by atoms with Crippen molar-refractivity contribution in [3.8, 4) is 0 Å². The van der Waals surface area contributed by atoms with Crippen molar-refractivity contribution in [2.24, 2.45) is 0 Å². The van der Waals surface area contributed by atoms with Crippen molar-refractivity contribution in [2.75, 3.05) is 7.05 Å². The minimum atomic E-state index is -0.656. The van der Waals surface area contributed by atoms with Gasteiger partial charge in [-0.1, -0.05) is 12.5 Å². The normalized spacial score (nSPS) is 38.0. The Labute approximate surface area is 102 Å². The smallest absolute Gasteiger partial charge is 0.0941 e. The number of hydrogen-bond donors (Lipinski definition) is 1. The molecule has 2 bridgehead atoms. The molecule has 1 aromatic rings. The summed E-state index contributed by atoms with van der Waals surface area (Å²) in [6.45, 7) is 0. The average Bonchev–Trinajstić information content (AvgIpc) is 2.33. The zero-order valence-corrected chi connectivity index (χ0v) is 10.3. The Balaban J connectivity index is 1.90. The first kappa shape index (κ1) is 11.2. The third kappa shape index (κ3) is 1.87. The van der Waals surface area contributed by atoms with Gasteiger partial charge >= 0.3 is 0 Å². The van der Waals surface area contributed by atoms with Crippen LogP contribution in [0.2, 0.25) is 0 Å². The number of pyridine rings is 1. The molecule has 2 fully saturated rings. The van der Waals surface area contributed by atoms with E-state index in [-0.39, 0.29) is 0 Å². The second-order valence-corrected chi connectivity index (χ2v) is 5.59. The number of nitrogens with zero attached hydrogens (tertiary/aromatic N) is 2. The van der Waals surface area contributed by atoms with Crippen molar-refractivity contribution in [3.63, 3.8) is 0 Å². The van der Waals surface area contributed by atoms with Crippen LogP contribution in [0.15, 0.2) is 24.5 Å². The summed E-state index contributed by atoms with van der Waals surface area (Å²) in [6.07, 6.45) is 9.04. The fourth-order valence-electron chi connectivity index (χ4n) is 3.52. The van der Waals surface area contributed by atoms with Gasteiger partial charge in [0, 0.05) is 30.0 Å². The second-order valence-electron chi connectivity index (χ2n) is 5.59. The summed E-state index contributed by atoms with van der Waals surface area (Å²) in [7, 11) is 2.21. The van der Waals surface area contributed by atoms with Crippen LogP contribution >= 0.6 is 0 Å². The lowest BCUT2D eigenvalue weighted by Crippen LogP contribution is -2.55. The molecule has 1 aromatic heterocycles. The summed E-state index contributed by atoms with van der Waals surface area (Å²) >= 11 is 0. The van der Waals surface area contributed by atoms with E-state index >= 15 is 0 Å². The molecule has 3 rings (SSSR count). The van der Waals surface area contributed by atoms with Crippen LogP contribution in [0, 0.1) is 0 Å². The molecule has 3 nitrogen and oxygen atoms in total. The molecule has 3 heteroatoms. The van der Waals surface area contributed by atoms with Crippen molar-refractivity contribution in [1.29, 1.82) is 0 Å². The minimum absolute atomic E-state index is 0.535. The SMILES string of the molecule is CN1C2CCCC1CC(O)(c1cccnc1)C2. The highest BCUT2D eigenvalue weighted by atomic mass is 16.3. The average molecular weight is 232 g/mol. The van der Waals surface area contributed by atoms with Gasteiger partial charge < -0.3 is 10.0 Å². The van der Waals surface area contributed by atoms with Crippen LogP contribution in [0.3, 0.4) is 0 Å². The summed E-state index contributed by atoms with van der Waals surface area (Å²) < 4.78 is 0. The van der Waals surface area contributed by atoms with Gasteiger partial charge in [-0.25, -0.2) is 0 Å². The molecule has 0 aromatic carbocycles. The molecule has 17 heavy (non-hydrogen) atoms. The van der Waals surface area contributed by atoms with Gasteiger partial charge in [-0.3, -0.25) is 4.98 Å². The van der Waals surface area contributed by atoms with E-state index in [0.717, 1.165) is 18.4 Å². The molecule has 2 unspecified atom stereocenters. The van der Waals surface area contributed by atoms with Gasteiger partial charge in [-0.2, -0.15) is 0 Å². The zero-order valence-electron chi connectivity index (χ0n) is 10.3. The first-order valence-electron chi connectivity index (χ1n) is 6.54. The van der Waals surface area contributed by atoms with Crippen LogP contribution in [-0.4, -0.2) is 34.1 Å². The Bertz CT molecular complexity index is 378. The highest BCUT2D eigenvalue weighted by Gasteiger charge is 2.44. The predicted octanol–water partition coefficient (Wildman–Crippen LogP) is 1.92. The molecule has 2 saturated heterocycles. The van der Waals surface area contributed by atoms with Crippen molar-refractivity contribution < 1.29 is 5.11 Å². The zero-order chi connectivity index (χ0) is 11.9. The Morgan fingerprint density at radius 3 is 2.65 bits per heavy atom. The van der Waals surface area contributed by atoms with E-state index in [1.807, 2.05) is 18.3 Å². The second kappa shape index (κ2) is 4.07. The summed E-state index contributed by atoms with van der Waals surface area (Å²) in [5, 5.41) is 10.9. The van der Waals surface area contributed by atoms with E-state index in [4.69, 9.17) is 0 Å². The number of rotatable bonds is 1. The molecule has 0 radical (unpaired) electrons. The number of fused-ring (bicyclic) bond motifs is 2. The van der Waals surface area contributed by atoms with E-state index in [2.05, 4.69) is 16.9 Å². The van der Waals surface area contributed by atoms with Crippen molar-refractivity contribution in [3.05, 3.63) is 30.1 Å². The van der Waals surface area contributed by atoms with Crippen molar-refractivity contribution >= 4 is 0 Å². The molecule has 2 aliphatic rings. The number of piperidine rings is 2. The van der Waals surface area contributed by atoms with Gasteiger partial charge in [0.05, 0.1) is 5.60 Å². The fourth-order valence-corrected chi connectivity index (χ4v) is 3.52. The van der Waals surface area contributed by atoms with Crippen molar-refractivity contribution in [2.45, 2.75) is 49.8 Å². The highest BCUT2D eigenvalue weighted by molar-refractivity contribution is 5.21. The Hall–Kier alpha value is -0.930. The monoisotopic (exact) mass is 232 g/mol. The molecule has 0 saturated carbocycles. The molecule has 0 aliphatic carbocycles. The van der Waals surface area contributed by atoms with Crippen LogP contribution in [0.4, 0.5) is 0 Å². The third-order valence-electron chi connectivity index (χ3n) is 4.57. The van der Waals surface area contributed by atoms with Crippen LogP contribution in [0.5, 0.6) is 0 Å². The fraction of sp³-hybridized carbons (Fsp3) is 0.643. The topological polar surface area (TPSA) is 36.4 Å². The first-order valence-corrected chi connectivity index (χ1v) is 6.54. The maximum Gasteiger partial charge on any atom is 0.0941 e. The highest BCUT2D eigenvalue weighted by Crippen LogP contribution is 2.43. The summed E-state index contributed by atoms with van der Waals surface area (Å²) in [6, 6.07) is 5.00. The maximum atomic E-state index is 10.9. The van der Waals surface area contributed by atoms with E-state index in [1.165, 1.54) is 19.3 Å². The molecule has 1 N–H and O–H groups in total. The lowest BCUT2D eigenvalue weighted by molar-refractivity contribution is -0.0876. The molecule has 3 heterocycles. The number of aromatic nitrogens is 1. The van der Waals surface area contributed by atoms with Crippen LogP contribution < -0.4 is 0 Å². The van der Waals surface area contributed by atoms with Gasteiger partial charge in [0.1, 0.15) is 0 Å². The first-order chi connectivity index (χ1) is 8.19. The summed E-state index contributed by atoms with van der Waals surface area (Å²) in [4.78, 5) is 6.61. The van der Waals surface area contributed by atoms with E-state index in [0.29, 0.717) is 12.1 Å². The minimum Gasteiger partial charge on any atom is -0.385 e. The molecule has 2 aliphatic heterocycles. The van der Waals surface area contributed by atoms with Crippen molar-refractivity contribution in [1.82, 2.24) is 9.88 Å². The van der Waals surface area contributed by atoms with Gasteiger partial charge in [-0.15, -0.1) is 0 Å². The van der Waals surface area contributed by atoms with Gasteiger partial charge in [-0.05, 0) is 38.8 Å². The lowest BCUT2D eigenvalue weighted by atomic mass is 9.73. The van der Waals surface area contributed by atoms with E-state index in [1.54, 1.807) is 6.20 Å². The van der Waals surface area contributed by atoms with E-state index in [9.17, 15) is 5.11 Å². The standard InChI is InChI=1S/C14H20N2O/c1-16-12-5-2-6-13(16)9-14(17,8-12)11-4-3-7-15-10-11/h3-4,7,10,12-13,17H,2,5-6,8-9H2,1H3. The van der Waals surface area contributed by atoms with Gasteiger partial charge in [0.2, 0.25) is 0 Å².